The van der Waals surface area contributed by atoms with Gasteiger partial charge in [-0.3, -0.25) is 4.79 Å². The van der Waals surface area contributed by atoms with E-state index in [-0.39, 0.29) is 36.7 Å². The van der Waals surface area contributed by atoms with E-state index in [0.29, 0.717) is 31.0 Å². The molecule has 2 aliphatic carbocycles. The van der Waals surface area contributed by atoms with E-state index < -0.39 is 5.92 Å². The average Bonchev–Trinajstić information content (AvgIpc) is 3.64. The second-order valence-electron chi connectivity index (χ2n) is 14.7. The standard InChI is InChI=1S/C41H60O7/c1-29(2)13-12-14-30(3)23-34(47-39-17-8-10-21-45-39)19-20-35-36-25-32(24-33(36)26-38(35)48-40-18-9-11-22-46-40)37(41(42)43-4)28-44-27-31-15-6-5-7-16-31/h5-7,13,15-16,19-20,24,30,33-40H,8-12,14,17-18,21-23,25-28H2,1-4H3/b20-19+/t30?,33-,34+,35+,36-,37?,38+,39?,40?/m0/s1. The lowest BCUT2D eigenvalue weighted by atomic mass is 9.86. The van der Waals surface area contributed by atoms with E-state index in [1.54, 1.807) is 0 Å². The second kappa shape index (κ2) is 19.2. The van der Waals surface area contributed by atoms with Gasteiger partial charge in [0.1, 0.15) is 5.92 Å². The molecule has 7 heteroatoms. The van der Waals surface area contributed by atoms with Crippen LogP contribution >= 0.6 is 0 Å². The highest BCUT2D eigenvalue weighted by Gasteiger charge is 2.47. The molecule has 0 N–H and O–H groups in total. The Morgan fingerprint density at radius 1 is 1.02 bits per heavy atom. The first-order valence-electron chi connectivity index (χ1n) is 18.7. The molecule has 2 aliphatic heterocycles. The number of esters is 1. The number of hydrogen-bond donors (Lipinski definition) is 0. The predicted octanol–water partition coefficient (Wildman–Crippen LogP) is 8.73. The van der Waals surface area contributed by atoms with Gasteiger partial charge in [0.2, 0.25) is 0 Å². The Morgan fingerprint density at radius 2 is 1.77 bits per heavy atom. The summed E-state index contributed by atoms with van der Waals surface area (Å²) < 4.78 is 36.8. The summed E-state index contributed by atoms with van der Waals surface area (Å²) in [4.78, 5) is 13.1. The zero-order chi connectivity index (χ0) is 33.7. The Labute approximate surface area is 289 Å². The van der Waals surface area contributed by atoms with Gasteiger partial charge in [0.05, 0.1) is 32.5 Å². The van der Waals surface area contributed by atoms with Crippen LogP contribution in [0.5, 0.6) is 0 Å². The van der Waals surface area contributed by atoms with E-state index >= 15 is 0 Å². The molecule has 5 rings (SSSR count). The van der Waals surface area contributed by atoms with Crippen molar-refractivity contribution in [3.05, 3.63) is 71.3 Å². The van der Waals surface area contributed by atoms with E-state index in [2.05, 4.69) is 45.1 Å². The van der Waals surface area contributed by atoms with Gasteiger partial charge in [-0.1, -0.05) is 72.7 Å². The summed E-state index contributed by atoms with van der Waals surface area (Å²) in [5.41, 5.74) is 3.60. The van der Waals surface area contributed by atoms with Crippen LogP contribution in [0, 0.1) is 29.6 Å². The van der Waals surface area contributed by atoms with Gasteiger partial charge < -0.3 is 28.4 Å². The lowest BCUT2D eigenvalue weighted by Crippen LogP contribution is -2.32. The van der Waals surface area contributed by atoms with Crippen LogP contribution in [0.1, 0.15) is 97.0 Å². The van der Waals surface area contributed by atoms with E-state index in [0.717, 1.165) is 95.0 Å². The van der Waals surface area contributed by atoms with Crippen molar-refractivity contribution in [3.63, 3.8) is 0 Å². The van der Waals surface area contributed by atoms with Crippen molar-refractivity contribution in [1.82, 2.24) is 0 Å². The third-order valence-electron chi connectivity index (χ3n) is 10.5. The van der Waals surface area contributed by atoms with Crippen molar-refractivity contribution in [2.45, 2.75) is 123 Å². The fourth-order valence-corrected chi connectivity index (χ4v) is 7.89. The van der Waals surface area contributed by atoms with E-state index in [4.69, 9.17) is 28.4 Å². The molecule has 0 aromatic heterocycles. The van der Waals surface area contributed by atoms with Crippen molar-refractivity contribution >= 4 is 5.97 Å². The van der Waals surface area contributed by atoms with Gasteiger partial charge in [0.25, 0.3) is 0 Å². The van der Waals surface area contributed by atoms with Gasteiger partial charge in [0.15, 0.2) is 12.6 Å². The second-order valence-corrected chi connectivity index (χ2v) is 14.7. The van der Waals surface area contributed by atoms with Gasteiger partial charge in [-0.25, -0.2) is 0 Å². The summed E-state index contributed by atoms with van der Waals surface area (Å²) in [5, 5.41) is 0. The molecule has 7 nitrogen and oxygen atoms in total. The molecular formula is C41H60O7. The van der Waals surface area contributed by atoms with Crippen LogP contribution < -0.4 is 0 Å². The van der Waals surface area contributed by atoms with E-state index in [1.165, 1.54) is 12.7 Å². The monoisotopic (exact) mass is 664 g/mol. The lowest BCUT2D eigenvalue weighted by Gasteiger charge is -2.30. The van der Waals surface area contributed by atoms with Gasteiger partial charge in [0, 0.05) is 19.1 Å². The lowest BCUT2D eigenvalue weighted by molar-refractivity contribution is -0.193. The first-order valence-corrected chi connectivity index (χ1v) is 18.7. The van der Waals surface area contributed by atoms with Crippen LogP contribution in [-0.4, -0.2) is 57.7 Å². The molecule has 2 heterocycles. The molecule has 1 aromatic carbocycles. The van der Waals surface area contributed by atoms with Crippen LogP contribution in [0.3, 0.4) is 0 Å². The minimum Gasteiger partial charge on any atom is -0.468 e. The highest BCUT2D eigenvalue weighted by atomic mass is 16.7. The zero-order valence-corrected chi connectivity index (χ0v) is 29.9. The Morgan fingerprint density at radius 3 is 2.46 bits per heavy atom. The van der Waals surface area contributed by atoms with Crippen LogP contribution in [-0.2, 0) is 39.8 Å². The van der Waals surface area contributed by atoms with Crippen molar-refractivity contribution < 1.29 is 33.2 Å². The summed E-state index contributed by atoms with van der Waals surface area (Å²) in [5.74, 6) is 0.747. The topological polar surface area (TPSA) is 72.5 Å². The molecular weight excluding hydrogens is 604 g/mol. The summed E-state index contributed by atoms with van der Waals surface area (Å²) in [6.45, 7) is 8.98. The molecule has 4 unspecified atom stereocenters. The molecule has 1 aromatic rings. The Balaban J connectivity index is 1.30. The molecule has 1 saturated carbocycles. The Kier molecular flexibility index (Phi) is 14.8. The number of rotatable bonds is 17. The molecule has 0 spiro atoms. The third kappa shape index (κ3) is 11.1. The molecule has 48 heavy (non-hydrogen) atoms. The van der Waals surface area contributed by atoms with Gasteiger partial charge in [-0.2, -0.15) is 0 Å². The van der Waals surface area contributed by atoms with Gasteiger partial charge in [-0.15, -0.1) is 0 Å². The number of allylic oxidation sites excluding steroid dienone is 3. The predicted molar refractivity (Wildman–Crippen MR) is 188 cm³/mol. The number of benzene rings is 1. The minimum atomic E-state index is -0.406. The Bertz CT molecular complexity index is 1190. The van der Waals surface area contributed by atoms with E-state index in [9.17, 15) is 4.79 Å². The maximum atomic E-state index is 13.1. The largest absolute Gasteiger partial charge is 0.468 e. The molecule has 266 valence electrons. The Hall–Kier alpha value is -2.29. The third-order valence-corrected chi connectivity index (χ3v) is 10.5. The number of hydrogen-bond acceptors (Lipinski definition) is 7. The molecule has 3 fully saturated rings. The van der Waals surface area contributed by atoms with Gasteiger partial charge >= 0.3 is 5.97 Å². The zero-order valence-electron chi connectivity index (χ0n) is 29.9. The summed E-state index contributed by atoms with van der Waals surface area (Å²) >= 11 is 0. The van der Waals surface area contributed by atoms with Crippen LogP contribution in [0.15, 0.2) is 65.8 Å². The SMILES string of the molecule is COC(=O)C(COCc1ccccc1)C1=C[C@H]2C[C@@H](OC3CCCCO3)[C@H](/C=C/[C@H](CC(C)CCC=C(C)C)OC3CCCCO3)[C@H]2C1. The van der Waals surface area contributed by atoms with Crippen LogP contribution in [0.4, 0.5) is 0 Å². The van der Waals surface area contributed by atoms with Crippen molar-refractivity contribution in [1.29, 1.82) is 0 Å². The molecule has 2 saturated heterocycles. The molecule has 4 aliphatic rings. The van der Waals surface area contributed by atoms with Crippen LogP contribution in [0.2, 0.25) is 0 Å². The van der Waals surface area contributed by atoms with Gasteiger partial charge in [-0.05, 0) is 108 Å². The first-order chi connectivity index (χ1) is 23.4. The molecule has 9 atom stereocenters. The fraction of sp³-hybridized carbons (Fsp3) is 0.683. The summed E-state index contributed by atoms with van der Waals surface area (Å²) in [6.07, 6.45) is 20.4. The number of carbonyl (C=O) groups excluding carboxylic acids is 1. The quantitative estimate of drug-likeness (QED) is 0.122. The first kappa shape index (κ1) is 37.0. The van der Waals surface area contributed by atoms with Crippen molar-refractivity contribution in [2.24, 2.45) is 29.6 Å². The maximum Gasteiger partial charge on any atom is 0.315 e. The van der Waals surface area contributed by atoms with E-state index in [1.807, 2.05) is 30.3 Å². The van der Waals surface area contributed by atoms with Crippen LogP contribution in [0.25, 0.3) is 0 Å². The molecule has 0 radical (unpaired) electrons. The molecule has 0 amide bonds. The smallest absolute Gasteiger partial charge is 0.315 e. The maximum absolute atomic E-state index is 13.1. The number of methoxy groups -OCH3 is 1. The highest BCUT2D eigenvalue weighted by molar-refractivity contribution is 5.76. The molecule has 0 bridgehead atoms. The van der Waals surface area contributed by atoms with Crippen molar-refractivity contribution in [2.75, 3.05) is 26.9 Å². The highest BCUT2D eigenvalue weighted by Crippen LogP contribution is 2.50. The normalized spacial score (nSPS) is 29.2. The number of carbonyl (C=O) groups is 1. The number of fused-ring (bicyclic) bond motifs is 1. The summed E-state index contributed by atoms with van der Waals surface area (Å²) in [6, 6.07) is 10.1. The van der Waals surface area contributed by atoms with Crippen molar-refractivity contribution in [3.8, 4) is 0 Å². The minimum absolute atomic E-state index is 0.0246. The number of ether oxygens (including phenoxy) is 6. The fourth-order valence-electron chi connectivity index (χ4n) is 7.89. The summed E-state index contributed by atoms with van der Waals surface area (Å²) in [7, 11) is 1.47. The average molecular weight is 665 g/mol.